The Morgan fingerprint density at radius 3 is 2.15 bits per heavy atom. The Morgan fingerprint density at radius 2 is 1.62 bits per heavy atom. The van der Waals surface area contributed by atoms with Gasteiger partial charge in [0.2, 0.25) is 11.8 Å². The second kappa shape index (κ2) is 8.58. The first-order valence-electron chi connectivity index (χ1n) is 8.18. The summed E-state index contributed by atoms with van der Waals surface area (Å²) in [6.07, 6.45) is 0. The molecule has 0 saturated heterocycles. The van der Waals surface area contributed by atoms with Crippen LogP contribution in [0.4, 0.5) is 22.7 Å². The molecule has 2 aromatic rings. The molecule has 0 aliphatic rings. The minimum Gasteiger partial charge on any atom is -0.378 e. The first-order valence-corrected chi connectivity index (χ1v) is 8.56. The van der Waals surface area contributed by atoms with E-state index >= 15 is 0 Å². The zero-order chi connectivity index (χ0) is 19.3. The monoisotopic (exact) mass is 374 g/mol. The predicted molar refractivity (Wildman–Crippen MR) is 108 cm³/mol. The van der Waals surface area contributed by atoms with Crippen molar-refractivity contribution in [2.45, 2.75) is 19.9 Å². The lowest BCUT2D eigenvalue weighted by Crippen LogP contribution is -2.31. The molecular formula is C19H23ClN4O2. The van der Waals surface area contributed by atoms with Crippen molar-refractivity contribution in [2.24, 2.45) is 0 Å². The van der Waals surface area contributed by atoms with E-state index in [1.165, 1.54) is 6.92 Å². The number of halogens is 1. The molecule has 0 fully saturated rings. The van der Waals surface area contributed by atoms with Gasteiger partial charge in [-0.25, -0.2) is 0 Å². The Balaban J connectivity index is 1.98. The van der Waals surface area contributed by atoms with Gasteiger partial charge in [0, 0.05) is 38.1 Å². The van der Waals surface area contributed by atoms with Crippen LogP contribution >= 0.6 is 11.6 Å². The predicted octanol–water partition coefficient (Wildman–Crippen LogP) is 3.80. The fourth-order valence-electron chi connectivity index (χ4n) is 2.30. The van der Waals surface area contributed by atoms with E-state index in [2.05, 4.69) is 16.0 Å². The maximum atomic E-state index is 12.4. The number of anilines is 4. The highest BCUT2D eigenvalue weighted by molar-refractivity contribution is 6.34. The van der Waals surface area contributed by atoms with Gasteiger partial charge in [-0.2, -0.15) is 0 Å². The van der Waals surface area contributed by atoms with Crippen molar-refractivity contribution in [1.29, 1.82) is 0 Å². The number of amides is 2. The fourth-order valence-corrected chi connectivity index (χ4v) is 2.53. The number of benzene rings is 2. The number of hydrogen-bond acceptors (Lipinski definition) is 4. The van der Waals surface area contributed by atoms with Gasteiger partial charge in [0.05, 0.1) is 10.7 Å². The molecule has 0 aromatic heterocycles. The van der Waals surface area contributed by atoms with E-state index in [1.807, 2.05) is 43.3 Å². The van der Waals surface area contributed by atoms with E-state index < -0.39 is 6.04 Å². The quantitative estimate of drug-likeness (QED) is 0.719. The molecule has 0 saturated carbocycles. The maximum absolute atomic E-state index is 12.4. The zero-order valence-corrected chi connectivity index (χ0v) is 16.0. The van der Waals surface area contributed by atoms with Crippen molar-refractivity contribution < 1.29 is 9.59 Å². The van der Waals surface area contributed by atoms with Crippen LogP contribution in [0, 0.1) is 0 Å². The van der Waals surface area contributed by atoms with Crippen LogP contribution < -0.4 is 20.9 Å². The van der Waals surface area contributed by atoms with E-state index in [-0.39, 0.29) is 11.8 Å². The summed E-state index contributed by atoms with van der Waals surface area (Å²) in [5, 5.41) is 9.01. The highest BCUT2D eigenvalue weighted by Gasteiger charge is 2.14. The van der Waals surface area contributed by atoms with E-state index in [9.17, 15) is 9.59 Å². The highest BCUT2D eigenvalue weighted by atomic mass is 35.5. The summed E-state index contributed by atoms with van der Waals surface area (Å²) in [5.41, 5.74) is 3.01. The molecule has 0 heterocycles. The molecule has 1 unspecified atom stereocenters. The van der Waals surface area contributed by atoms with E-state index in [4.69, 9.17) is 11.6 Å². The Labute approximate surface area is 158 Å². The van der Waals surface area contributed by atoms with Crippen molar-refractivity contribution in [2.75, 3.05) is 34.9 Å². The molecule has 2 aromatic carbocycles. The summed E-state index contributed by atoms with van der Waals surface area (Å²) < 4.78 is 0. The van der Waals surface area contributed by atoms with E-state index in [0.717, 1.165) is 11.4 Å². The van der Waals surface area contributed by atoms with Gasteiger partial charge in [-0.1, -0.05) is 11.6 Å². The Hall–Kier alpha value is -2.73. The molecule has 138 valence electrons. The summed E-state index contributed by atoms with van der Waals surface area (Å²) in [4.78, 5) is 25.5. The van der Waals surface area contributed by atoms with Crippen molar-refractivity contribution >= 4 is 46.2 Å². The van der Waals surface area contributed by atoms with E-state index in [1.54, 1.807) is 25.1 Å². The fraction of sp³-hybridized carbons (Fsp3) is 0.263. The Kier molecular flexibility index (Phi) is 6.46. The molecule has 7 heteroatoms. The first-order chi connectivity index (χ1) is 12.3. The molecule has 0 aliphatic heterocycles. The number of carbonyl (C=O) groups excluding carboxylic acids is 2. The number of carbonyl (C=O) groups is 2. The van der Waals surface area contributed by atoms with Crippen LogP contribution in [0.25, 0.3) is 0 Å². The highest BCUT2D eigenvalue weighted by Crippen LogP contribution is 2.26. The van der Waals surface area contributed by atoms with Crippen molar-refractivity contribution in [3.8, 4) is 0 Å². The van der Waals surface area contributed by atoms with Gasteiger partial charge < -0.3 is 20.9 Å². The minimum absolute atomic E-state index is 0.162. The van der Waals surface area contributed by atoms with Crippen LogP contribution in [0.5, 0.6) is 0 Å². The van der Waals surface area contributed by atoms with Crippen LogP contribution in [-0.2, 0) is 9.59 Å². The van der Waals surface area contributed by atoms with E-state index in [0.29, 0.717) is 16.4 Å². The van der Waals surface area contributed by atoms with Gasteiger partial charge in [-0.3, -0.25) is 9.59 Å². The summed E-state index contributed by atoms with van der Waals surface area (Å²) in [6, 6.07) is 12.2. The minimum atomic E-state index is -0.466. The second-order valence-electron chi connectivity index (χ2n) is 6.17. The molecular weight excluding hydrogens is 352 g/mol. The van der Waals surface area contributed by atoms with Crippen molar-refractivity contribution in [3.63, 3.8) is 0 Å². The number of nitrogens with zero attached hydrogens (tertiary/aromatic N) is 1. The first kappa shape index (κ1) is 19.6. The smallest absolute Gasteiger partial charge is 0.246 e. The van der Waals surface area contributed by atoms with Gasteiger partial charge in [0.1, 0.15) is 6.04 Å². The molecule has 6 nitrogen and oxygen atoms in total. The third-order valence-electron chi connectivity index (χ3n) is 3.71. The average molecular weight is 375 g/mol. The van der Waals surface area contributed by atoms with Crippen LogP contribution in [-0.4, -0.2) is 32.0 Å². The molecule has 0 aliphatic carbocycles. The van der Waals surface area contributed by atoms with Gasteiger partial charge >= 0.3 is 0 Å². The molecule has 0 radical (unpaired) electrons. The summed E-state index contributed by atoms with van der Waals surface area (Å²) in [7, 11) is 3.92. The average Bonchev–Trinajstić information content (AvgIpc) is 2.57. The third kappa shape index (κ3) is 5.39. The lowest BCUT2D eigenvalue weighted by atomic mass is 10.2. The lowest BCUT2D eigenvalue weighted by Gasteiger charge is -2.17. The van der Waals surface area contributed by atoms with Gasteiger partial charge in [-0.15, -0.1) is 0 Å². The van der Waals surface area contributed by atoms with Crippen LogP contribution in [0.2, 0.25) is 5.02 Å². The van der Waals surface area contributed by atoms with Crippen molar-refractivity contribution in [1.82, 2.24) is 0 Å². The summed E-state index contributed by atoms with van der Waals surface area (Å²) >= 11 is 6.15. The van der Waals surface area contributed by atoms with Crippen LogP contribution in [0.15, 0.2) is 42.5 Å². The second-order valence-corrected chi connectivity index (χ2v) is 6.58. The zero-order valence-electron chi connectivity index (χ0n) is 15.3. The molecule has 0 bridgehead atoms. The van der Waals surface area contributed by atoms with Gasteiger partial charge in [0.25, 0.3) is 0 Å². The van der Waals surface area contributed by atoms with Crippen LogP contribution in [0.1, 0.15) is 13.8 Å². The number of hydrogen-bond donors (Lipinski definition) is 3. The SMILES string of the molecule is CC(=O)Nc1ccc(NC(C)C(=O)Nc2ccc(N(C)C)cc2)cc1Cl. The van der Waals surface area contributed by atoms with Gasteiger partial charge in [-0.05, 0) is 49.4 Å². The van der Waals surface area contributed by atoms with Crippen molar-refractivity contribution in [3.05, 3.63) is 47.5 Å². The normalized spacial score (nSPS) is 11.4. The lowest BCUT2D eigenvalue weighted by molar-refractivity contribution is -0.116. The summed E-state index contributed by atoms with van der Waals surface area (Å²) in [5.74, 6) is -0.356. The Bertz CT molecular complexity index is 791. The summed E-state index contributed by atoms with van der Waals surface area (Å²) in [6.45, 7) is 3.18. The number of nitrogens with one attached hydrogen (secondary N) is 3. The third-order valence-corrected chi connectivity index (χ3v) is 4.02. The molecule has 0 spiro atoms. The van der Waals surface area contributed by atoms with Gasteiger partial charge in [0.15, 0.2) is 0 Å². The largest absolute Gasteiger partial charge is 0.378 e. The Morgan fingerprint density at radius 1 is 1.00 bits per heavy atom. The number of rotatable bonds is 6. The molecule has 2 amide bonds. The molecule has 2 rings (SSSR count). The molecule has 3 N–H and O–H groups in total. The maximum Gasteiger partial charge on any atom is 0.246 e. The molecule has 1 atom stereocenters. The molecule has 26 heavy (non-hydrogen) atoms. The van der Waals surface area contributed by atoms with Crippen LogP contribution in [0.3, 0.4) is 0 Å². The standard InChI is InChI=1S/C19H23ClN4O2/c1-12(19(26)23-14-5-8-16(9-6-14)24(3)4)21-15-7-10-18(17(20)11-15)22-13(2)25/h5-12,21H,1-4H3,(H,22,25)(H,23,26). The topological polar surface area (TPSA) is 73.5 Å².